The lowest BCUT2D eigenvalue weighted by molar-refractivity contribution is -0.160. The molecule has 6 heteroatoms. The minimum absolute atomic E-state index is 0.141. The highest BCUT2D eigenvalue weighted by Gasteiger charge is 2.66. The maximum Gasteiger partial charge on any atom is 0.343 e. The van der Waals surface area contributed by atoms with Crippen LogP contribution in [-0.2, 0) is 19.1 Å². The van der Waals surface area contributed by atoms with Gasteiger partial charge in [-0.3, -0.25) is 14.4 Å². The summed E-state index contributed by atoms with van der Waals surface area (Å²) in [5.74, 6) is -1.73. The van der Waals surface area contributed by atoms with Gasteiger partial charge < -0.3 is 9.47 Å². The van der Waals surface area contributed by atoms with Crippen LogP contribution >= 0.6 is 0 Å². The predicted molar refractivity (Wildman–Crippen MR) is 132 cm³/mol. The Labute approximate surface area is 210 Å². The number of carbonyl (C=O) groups is 4. The van der Waals surface area contributed by atoms with Gasteiger partial charge in [0.05, 0.1) is 11.5 Å². The highest BCUT2D eigenvalue weighted by Crippen LogP contribution is 2.58. The fourth-order valence-electron chi connectivity index (χ4n) is 5.85. The second kappa shape index (κ2) is 8.26. The smallest absolute Gasteiger partial charge is 0.343 e. The Morgan fingerprint density at radius 1 is 0.806 bits per heavy atom. The molecule has 1 aliphatic heterocycles. The summed E-state index contributed by atoms with van der Waals surface area (Å²) in [4.78, 5) is 54.1. The summed E-state index contributed by atoms with van der Waals surface area (Å²) in [5.41, 5.74) is -1.53. The van der Waals surface area contributed by atoms with E-state index in [1.165, 1.54) is 0 Å². The highest BCUT2D eigenvalue weighted by atomic mass is 16.5. The summed E-state index contributed by atoms with van der Waals surface area (Å²) in [6.07, 6.45) is 1.03. The van der Waals surface area contributed by atoms with Crippen molar-refractivity contribution in [3.8, 4) is 5.75 Å². The van der Waals surface area contributed by atoms with Gasteiger partial charge in [-0.1, -0.05) is 64.1 Å². The second-order valence-electron chi connectivity index (χ2n) is 11.7. The van der Waals surface area contributed by atoms with Crippen LogP contribution in [0.25, 0.3) is 0 Å². The van der Waals surface area contributed by atoms with Crippen LogP contribution in [0.5, 0.6) is 5.75 Å². The first kappa shape index (κ1) is 24.2. The van der Waals surface area contributed by atoms with Gasteiger partial charge in [-0.15, -0.1) is 0 Å². The molecular weight excluding hydrogens is 456 g/mol. The third-order valence-corrected chi connectivity index (χ3v) is 7.41. The molecule has 5 rings (SSSR count). The van der Waals surface area contributed by atoms with E-state index >= 15 is 0 Å². The molecule has 6 nitrogen and oxygen atoms in total. The van der Waals surface area contributed by atoms with Crippen LogP contribution in [-0.4, -0.2) is 28.9 Å². The molecule has 0 N–H and O–H groups in total. The minimum Gasteiger partial charge on any atom is -0.474 e. The first-order valence-electron chi connectivity index (χ1n) is 12.3. The van der Waals surface area contributed by atoms with Crippen LogP contribution in [0.2, 0.25) is 0 Å². The van der Waals surface area contributed by atoms with Gasteiger partial charge in [0.25, 0.3) is 0 Å². The van der Waals surface area contributed by atoms with E-state index in [2.05, 4.69) is 0 Å². The van der Waals surface area contributed by atoms with Crippen molar-refractivity contribution in [3.63, 3.8) is 0 Å². The van der Waals surface area contributed by atoms with Gasteiger partial charge in [0, 0.05) is 36.8 Å². The lowest BCUT2D eigenvalue weighted by atomic mass is 9.61. The molecular formula is C30H30O6. The fourth-order valence-corrected chi connectivity index (χ4v) is 5.85. The number of allylic oxidation sites excluding steroid dienone is 1. The standard InChI is InChI=1S/C30H30O6/c1-28(2)14-20(31)25-22(15-28)36-30(23(32)16-29(3,4)17-24(30)33)26(25)19-12-8-9-13-21(19)35-27(34)18-10-6-5-7-11-18/h5-13,26H,14-17H2,1-4H3. The van der Waals surface area contributed by atoms with E-state index in [4.69, 9.17) is 9.47 Å². The zero-order valence-electron chi connectivity index (χ0n) is 21.1. The summed E-state index contributed by atoms with van der Waals surface area (Å²) < 4.78 is 12.1. The zero-order chi connectivity index (χ0) is 25.9. The number of Topliss-reactive ketones (excluding diaryl/α,β-unsaturated/α-hetero) is 3. The molecule has 186 valence electrons. The Morgan fingerprint density at radius 2 is 1.39 bits per heavy atom. The molecule has 3 aliphatic rings. The molecule has 2 aromatic rings. The van der Waals surface area contributed by atoms with E-state index < -0.39 is 22.9 Å². The Hall–Kier alpha value is -3.54. The minimum atomic E-state index is -1.83. The van der Waals surface area contributed by atoms with E-state index in [-0.39, 0.29) is 47.8 Å². The van der Waals surface area contributed by atoms with Crippen molar-refractivity contribution in [2.75, 3.05) is 0 Å². The van der Waals surface area contributed by atoms with Crippen LogP contribution < -0.4 is 4.74 Å². The monoisotopic (exact) mass is 486 g/mol. The number of para-hydroxylation sites is 1. The number of benzene rings is 2. The molecule has 0 saturated heterocycles. The topological polar surface area (TPSA) is 86.7 Å². The fraction of sp³-hybridized carbons (Fsp3) is 0.400. The summed E-state index contributed by atoms with van der Waals surface area (Å²) in [7, 11) is 0. The van der Waals surface area contributed by atoms with Crippen LogP contribution in [0.3, 0.4) is 0 Å². The quantitative estimate of drug-likeness (QED) is 0.330. The molecule has 1 unspecified atom stereocenters. The van der Waals surface area contributed by atoms with Gasteiger partial charge in [-0.25, -0.2) is 4.79 Å². The summed E-state index contributed by atoms with van der Waals surface area (Å²) in [5, 5.41) is 0. The van der Waals surface area contributed by atoms with Crippen molar-refractivity contribution in [1.29, 1.82) is 0 Å². The Kier molecular flexibility index (Phi) is 5.54. The van der Waals surface area contributed by atoms with Crippen LogP contribution in [0.4, 0.5) is 0 Å². The van der Waals surface area contributed by atoms with Gasteiger partial charge >= 0.3 is 5.97 Å². The lowest BCUT2D eigenvalue weighted by Crippen LogP contribution is -2.57. The molecule has 2 aromatic carbocycles. The van der Waals surface area contributed by atoms with E-state index in [1.54, 1.807) is 54.6 Å². The number of ketones is 3. The van der Waals surface area contributed by atoms with Crippen LogP contribution in [0, 0.1) is 10.8 Å². The third-order valence-electron chi connectivity index (χ3n) is 7.41. The molecule has 1 spiro atoms. The molecule has 0 bridgehead atoms. The Balaban J connectivity index is 1.66. The van der Waals surface area contributed by atoms with Crippen molar-refractivity contribution in [1.82, 2.24) is 0 Å². The van der Waals surface area contributed by atoms with Crippen molar-refractivity contribution < 1.29 is 28.7 Å². The first-order chi connectivity index (χ1) is 16.9. The van der Waals surface area contributed by atoms with Gasteiger partial charge in [0.2, 0.25) is 5.60 Å². The molecule has 1 fully saturated rings. The van der Waals surface area contributed by atoms with E-state index in [1.807, 2.05) is 27.7 Å². The van der Waals surface area contributed by atoms with Crippen molar-refractivity contribution in [2.24, 2.45) is 10.8 Å². The molecule has 36 heavy (non-hydrogen) atoms. The number of ether oxygens (including phenoxy) is 2. The molecule has 0 aromatic heterocycles. The van der Waals surface area contributed by atoms with Gasteiger partial charge in [0.15, 0.2) is 17.3 Å². The van der Waals surface area contributed by atoms with E-state index in [0.717, 1.165) is 0 Å². The average Bonchev–Trinajstić information content (AvgIpc) is 3.13. The number of rotatable bonds is 3. The lowest BCUT2D eigenvalue weighted by Gasteiger charge is -2.41. The maximum atomic E-state index is 13.8. The average molecular weight is 487 g/mol. The second-order valence-corrected chi connectivity index (χ2v) is 11.7. The Bertz CT molecular complexity index is 1290. The largest absolute Gasteiger partial charge is 0.474 e. The summed E-state index contributed by atoms with van der Waals surface area (Å²) in [6, 6.07) is 15.4. The highest BCUT2D eigenvalue weighted by molar-refractivity contribution is 6.17. The Morgan fingerprint density at radius 3 is 2.06 bits per heavy atom. The van der Waals surface area contributed by atoms with Crippen molar-refractivity contribution in [2.45, 2.75) is 64.9 Å². The van der Waals surface area contributed by atoms with Crippen molar-refractivity contribution in [3.05, 3.63) is 77.1 Å². The number of hydrogen-bond acceptors (Lipinski definition) is 6. The van der Waals surface area contributed by atoms with E-state index in [0.29, 0.717) is 28.9 Å². The number of esters is 1. The molecule has 0 radical (unpaired) electrons. The van der Waals surface area contributed by atoms with Gasteiger partial charge in [0.1, 0.15) is 11.5 Å². The van der Waals surface area contributed by atoms with Gasteiger partial charge in [-0.2, -0.15) is 0 Å². The normalized spacial score (nSPS) is 23.9. The number of hydrogen-bond donors (Lipinski definition) is 0. The SMILES string of the molecule is CC1(C)CC(=O)C2(OC3=C(C(=O)CC(C)(C)C3)C2c2ccccc2OC(=O)c2ccccc2)C(=O)C1. The maximum absolute atomic E-state index is 13.8. The van der Waals surface area contributed by atoms with Gasteiger partial charge in [-0.05, 0) is 29.0 Å². The summed E-state index contributed by atoms with van der Waals surface area (Å²) in [6.45, 7) is 7.72. The van der Waals surface area contributed by atoms with Crippen molar-refractivity contribution >= 4 is 23.3 Å². The molecule has 2 aliphatic carbocycles. The zero-order valence-corrected chi connectivity index (χ0v) is 21.1. The molecule has 1 heterocycles. The van der Waals surface area contributed by atoms with Crippen LogP contribution in [0.1, 0.15) is 75.2 Å². The predicted octanol–water partition coefficient (Wildman–Crippen LogP) is 5.36. The van der Waals surface area contributed by atoms with E-state index in [9.17, 15) is 19.2 Å². The first-order valence-corrected chi connectivity index (χ1v) is 12.3. The molecule has 0 amide bonds. The molecule has 1 saturated carbocycles. The molecule has 1 atom stereocenters. The summed E-state index contributed by atoms with van der Waals surface area (Å²) >= 11 is 0. The van der Waals surface area contributed by atoms with Crippen LogP contribution in [0.15, 0.2) is 65.9 Å². The number of carbonyl (C=O) groups excluding carboxylic acids is 4. The third kappa shape index (κ3) is 3.89.